The van der Waals surface area contributed by atoms with E-state index in [9.17, 15) is 0 Å². The van der Waals surface area contributed by atoms with Crippen molar-refractivity contribution < 1.29 is 9.26 Å². The van der Waals surface area contributed by atoms with Gasteiger partial charge in [0, 0.05) is 18.4 Å². The zero-order chi connectivity index (χ0) is 11.5. The van der Waals surface area contributed by atoms with Crippen molar-refractivity contribution in [1.82, 2.24) is 10.1 Å². The molecule has 2 aromatic rings. The maximum absolute atomic E-state index is 5.67. The van der Waals surface area contributed by atoms with E-state index in [4.69, 9.17) is 15.0 Å². The number of rotatable bonds is 3. The minimum Gasteiger partial charge on any atom is -0.399 e. The molecule has 0 aliphatic carbocycles. The normalized spacial score (nSPS) is 12.6. The smallest absolute Gasteiger partial charge is 0.258 e. The second-order valence-corrected chi connectivity index (χ2v) is 3.46. The van der Waals surface area contributed by atoms with Crippen LogP contribution in [0.25, 0.3) is 11.5 Å². The van der Waals surface area contributed by atoms with E-state index < -0.39 is 0 Å². The Labute approximate surface area is 93.2 Å². The predicted molar refractivity (Wildman–Crippen MR) is 59.6 cm³/mol. The van der Waals surface area contributed by atoms with Crippen molar-refractivity contribution >= 4 is 5.69 Å². The number of ether oxygens (including phenoxy) is 1. The summed E-state index contributed by atoms with van der Waals surface area (Å²) in [4.78, 5) is 4.23. The molecule has 1 aromatic carbocycles. The van der Waals surface area contributed by atoms with Crippen LogP contribution in [0, 0.1) is 0 Å². The molecule has 0 aliphatic rings. The fourth-order valence-electron chi connectivity index (χ4n) is 1.29. The first kappa shape index (κ1) is 10.6. The summed E-state index contributed by atoms with van der Waals surface area (Å²) in [6.07, 6.45) is -0.182. The summed E-state index contributed by atoms with van der Waals surface area (Å²) in [5.74, 6) is 0.978. The number of hydrogen-bond acceptors (Lipinski definition) is 5. The van der Waals surface area contributed by atoms with Crippen molar-refractivity contribution in [2.24, 2.45) is 0 Å². The quantitative estimate of drug-likeness (QED) is 0.799. The largest absolute Gasteiger partial charge is 0.399 e. The molecule has 5 heteroatoms. The number of methoxy groups -OCH3 is 1. The number of nitrogens with zero attached hydrogens (tertiary/aromatic N) is 2. The third kappa shape index (κ3) is 2.04. The van der Waals surface area contributed by atoms with Gasteiger partial charge in [-0.2, -0.15) is 4.98 Å². The van der Waals surface area contributed by atoms with Crippen molar-refractivity contribution in [3.63, 3.8) is 0 Å². The molecule has 0 saturated carbocycles. The highest BCUT2D eigenvalue weighted by Crippen LogP contribution is 2.21. The van der Waals surface area contributed by atoms with Crippen molar-refractivity contribution in [3.8, 4) is 11.5 Å². The summed E-state index contributed by atoms with van der Waals surface area (Å²) in [5, 5.41) is 3.84. The summed E-state index contributed by atoms with van der Waals surface area (Å²) in [5.41, 5.74) is 7.15. The molecule has 16 heavy (non-hydrogen) atoms. The molecule has 84 valence electrons. The number of benzene rings is 1. The van der Waals surface area contributed by atoms with Gasteiger partial charge in [-0.3, -0.25) is 0 Å². The lowest BCUT2D eigenvalue weighted by Crippen LogP contribution is -1.97. The second-order valence-electron chi connectivity index (χ2n) is 3.46. The molecule has 0 bridgehead atoms. The van der Waals surface area contributed by atoms with Crippen LogP contribution in [0.15, 0.2) is 28.8 Å². The third-order valence-corrected chi connectivity index (χ3v) is 2.29. The molecule has 1 aromatic heterocycles. The van der Waals surface area contributed by atoms with Crippen LogP contribution in [0.3, 0.4) is 0 Å². The van der Waals surface area contributed by atoms with Gasteiger partial charge in [-0.25, -0.2) is 0 Å². The van der Waals surface area contributed by atoms with E-state index in [1.165, 1.54) is 0 Å². The van der Waals surface area contributed by atoms with Gasteiger partial charge in [0.25, 0.3) is 5.89 Å². The van der Waals surface area contributed by atoms with Crippen LogP contribution in [0.4, 0.5) is 5.69 Å². The molecule has 1 atom stereocenters. The maximum Gasteiger partial charge on any atom is 0.258 e. The van der Waals surface area contributed by atoms with Gasteiger partial charge in [0.2, 0.25) is 5.82 Å². The lowest BCUT2D eigenvalue weighted by atomic mass is 10.2. The van der Waals surface area contributed by atoms with Crippen LogP contribution >= 0.6 is 0 Å². The van der Waals surface area contributed by atoms with Gasteiger partial charge in [-0.15, -0.1) is 0 Å². The van der Waals surface area contributed by atoms with E-state index in [2.05, 4.69) is 10.1 Å². The lowest BCUT2D eigenvalue weighted by molar-refractivity contribution is 0.109. The fraction of sp³-hybridized carbons (Fsp3) is 0.273. The molecular weight excluding hydrogens is 206 g/mol. The zero-order valence-corrected chi connectivity index (χ0v) is 9.18. The minimum absolute atomic E-state index is 0.182. The van der Waals surface area contributed by atoms with Crippen molar-refractivity contribution in [2.75, 3.05) is 12.8 Å². The van der Waals surface area contributed by atoms with Gasteiger partial charge in [-0.05, 0) is 25.1 Å². The van der Waals surface area contributed by atoms with Crippen molar-refractivity contribution in [3.05, 3.63) is 30.1 Å². The first-order valence-corrected chi connectivity index (χ1v) is 4.93. The van der Waals surface area contributed by atoms with Gasteiger partial charge >= 0.3 is 0 Å². The topological polar surface area (TPSA) is 74.2 Å². The number of nitrogen functional groups attached to an aromatic ring is 1. The Balaban J connectivity index is 2.31. The average molecular weight is 219 g/mol. The molecular formula is C11H13N3O2. The molecule has 0 fully saturated rings. The van der Waals surface area contributed by atoms with Crippen LogP contribution < -0.4 is 5.73 Å². The van der Waals surface area contributed by atoms with Crippen molar-refractivity contribution in [2.45, 2.75) is 13.0 Å². The first-order chi connectivity index (χ1) is 7.70. The molecule has 0 aliphatic heterocycles. The highest BCUT2D eigenvalue weighted by molar-refractivity contribution is 5.59. The Kier molecular flexibility index (Phi) is 2.87. The van der Waals surface area contributed by atoms with Crippen LogP contribution in [-0.4, -0.2) is 17.3 Å². The third-order valence-electron chi connectivity index (χ3n) is 2.29. The van der Waals surface area contributed by atoms with Gasteiger partial charge < -0.3 is 15.0 Å². The molecule has 5 nitrogen and oxygen atoms in total. The molecule has 0 amide bonds. The van der Waals surface area contributed by atoms with Gasteiger partial charge in [0.1, 0.15) is 6.10 Å². The van der Waals surface area contributed by atoms with E-state index in [1.807, 2.05) is 19.1 Å². The molecule has 1 heterocycles. The SMILES string of the molecule is COC(C)c1noc(-c2cccc(N)c2)n1. The van der Waals surface area contributed by atoms with E-state index in [-0.39, 0.29) is 6.10 Å². The number of hydrogen-bond donors (Lipinski definition) is 1. The first-order valence-electron chi connectivity index (χ1n) is 4.93. The summed E-state index contributed by atoms with van der Waals surface area (Å²) >= 11 is 0. The molecule has 0 spiro atoms. The van der Waals surface area contributed by atoms with Gasteiger partial charge in [0.15, 0.2) is 0 Å². The monoisotopic (exact) mass is 219 g/mol. The molecule has 1 unspecified atom stereocenters. The van der Waals surface area contributed by atoms with Crippen molar-refractivity contribution in [1.29, 1.82) is 0 Å². The zero-order valence-electron chi connectivity index (χ0n) is 9.18. The number of nitrogens with two attached hydrogens (primary N) is 1. The highest BCUT2D eigenvalue weighted by atomic mass is 16.5. The van der Waals surface area contributed by atoms with Gasteiger partial charge in [0.05, 0.1) is 0 Å². The second kappa shape index (κ2) is 4.32. The van der Waals surface area contributed by atoms with Crippen LogP contribution in [0.2, 0.25) is 0 Å². The Morgan fingerprint density at radius 3 is 2.94 bits per heavy atom. The lowest BCUT2D eigenvalue weighted by Gasteiger charge is -2.01. The Morgan fingerprint density at radius 1 is 1.44 bits per heavy atom. The van der Waals surface area contributed by atoms with Crippen LogP contribution in [-0.2, 0) is 4.74 Å². The predicted octanol–water partition coefficient (Wildman–Crippen LogP) is 2.03. The van der Waals surface area contributed by atoms with E-state index in [0.717, 1.165) is 5.56 Å². The Bertz CT molecular complexity index is 482. The Hall–Kier alpha value is -1.88. The summed E-state index contributed by atoms with van der Waals surface area (Å²) in [7, 11) is 1.60. The number of anilines is 1. The molecule has 0 radical (unpaired) electrons. The minimum atomic E-state index is -0.182. The van der Waals surface area contributed by atoms with E-state index in [1.54, 1.807) is 19.2 Å². The summed E-state index contributed by atoms with van der Waals surface area (Å²) in [6, 6.07) is 7.30. The van der Waals surface area contributed by atoms with Crippen LogP contribution in [0.5, 0.6) is 0 Å². The number of aromatic nitrogens is 2. The standard InChI is InChI=1S/C11H13N3O2/c1-7(15-2)10-13-11(16-14-10)8-4-3-5-9(12)6-8/h3-7H,12H2,1-2H3. The maximum atomic E-state index is 5.67. The average Bonchev–Trinajstić information content (AvgIpc) is 2.77. The Morgan fingerprint density at radius 2 is 2.25 bits per heavy atom. The van der Waals surface area contributed by atoms with E-state index >= 15 is 0 Å². The fourth-order valence-corrected chi connectivity index (χ4v) is 1.29. The molecule has 2 N–H and O–H groups in total. The molecule has 2 rings (SSSR count). The highest BCUT2D eigenvalue weighted by Gasteiger charge is 2.13. The van der Waals surface area contributed by atoms with Crippen LogP contribution in [0.1, 0.15) is 18.9 Å². The van der Waals surface area contributed by atoms with Gasteiger partial charge in [-0.1, -0.05) is 11.2 Å². The molecule has 0 saturated heterocycles. The summed E-state index contributed by atoms with van der Waals surface area (Å²) < 4.78 is 10.2. The summed E-state index contributed by atoms with van der Waals surface area (Å²) in [6.45, 7) is 1.86. The van der Waals surface area contributed by atoms with E-state index in [0.29, 0.717) is 17.4 Å².